The molecule has 0 saturated carbocycles. The average molecular weight is 225 g/mol. The molecular weight excluding hydrogens is 198 g/mol. The van der Waals surface area contributed by atoms with E-state index in [1.54, 1.807) is 0 Å². The maximum Gasteiger partial charge on any atom is 0.0170 e. The topological polar surface area (TPSA) is 32.5 Å². The minimum atomic E-state index is 0.413. The maximum atomic E-state index is 6.06. The molecule has 0 aromatic heterocycles. The van der Waals surface area contributed by atoms with Crippen molar-refractivity contribution in [2.75, 3.05) is 39.3 Å². The lowest BCUT2D eigenvalue weighted by Crippen LogP contribution is -2.46. The first-order chi connectivity index (χ1) is 7.74. The molecule has 2 fully saturated rings. The zero-order valence-corrected chi connectivity index (χ0v) is 10.7. The van der Waals surface area contributed by atoms with E-state index in [4.69, 9.17) is 5.73 Å². The summed E-state index contributed by atoms with van der Waals surface area (Å²) in [6.07, 6.45) is 5.35. The van der Waals surface area contributed by atoms with Crippen LogP contribution in [0.15, 0.2) is 0 Å². The van der Waals surface area contributed by atoms with Crippen LogP contribution in [-0.4, -0.2) is 55.1 Å². The number of hydrogen-bond acceptors (Lipinski definition) is 3. The Morgan fingerprint density at radius 1 is 1.06 bits per heavy atom. The number of likely N-dealkylation sites (tertiary alicyclic amines) is 2. The van der Waals surface area contributed by atoms with Crippen LogP contribution in [0.3, 0.4) is 0 Å². The third-order valence-electron chi connectivity index (χ3n) is 3.92. The zero-order chi connectivity index (χ0) is 11.4. The number of hydrogen-bond donors (Lipinski definition) is 1. The molecule has 2 N–H and O–H groups in total. The SMILES string of the molecule is CC1CC(N)CN(CCCN2CCCC2)C1. The van der Waals surface area contributed by atoms with Crippen molar-refractivity contribution in [3.63, 3.8) is 0 Å². The first-order valence-electron chi connectivity index (χ1n) is 6.94. The standard InChI is InChI=1S/C13H27N3/c1-12-9-13(14)11-16(10-12)8-4-7-15-5-2-3-6-15/h12-13H,2-11,14H2,1H3. The normalized spacial score (nSPS) is 33.4. The molecule has 94 valence electrons. The van der Waals surface area contributed by atoms with Gasteiger partial charge in [0.25, 0.3) is 0 Å². The molecule has 0 amide bonds. The van der Waals surface area contributed by atoms with Gasteiger partial charge >= 0.3 is 0 Å². The fraction of sp³-hybridized carbons (Fsp3) is 1.00. The molecule has 2 aliphatic rings. The molecule has 2 unspecified atom stereocenters. The fourth-order valence-electron chi connectivity index (χ4n) is 3.22. The molecule has 2 saturated heterocycles. The Hall–Kier alpha value is -0.120. The van der Waals surface area contributed by atoms with E-state index in [0.717, 1.165) is 12.5 Å². The highest BCUT2D eigenvalue weighted by Crippen LogP contribution is 2.15. The van der Waals surface area contributed by atoms with Gasteiger partial charge in [-0.1, -0.05) is 6.92 Å². The van der Waals surface area contributed by atoms with Crippen LogP contribution in [-0.2, 0) is 0 Å². The summed E-state index contributed by atoms with van der Waals surface area (Å²) in [6, 6.07) is 0.413. The van der Waals surface area contributed by atoms with Gasteiger partial charge in [-0.25, -0.2) is 0 Å². The molecule has 0 bridgehead atoms. The highest BCUT2D eigenvalue weighted by molar-refractivity contribution is 4.79. The van der Waals surface area contributed by atoms with Gasteiger partial charge in [-0.3, -0.25) is 0 Å². The van der Waals surface area contributed by atoms with E-state index in [9.17, 15) is 0 Å². The lowest BCUT2D eigenvalue weighted by atomic mass is 9.96. The summed E-state index contributed by atoms with van der Waals surface area (Å²) in [4.78, 5) is 5.17. The molecule has 2 aliphatic heterocycles. The van der Waals surface area contributed by atoms with Crippen molar-refractivity contribution in [1.82, 2.24) is 9.80 Å². The van der Waals surface area contributed by atoms with Crippen molar-refractivity contribution in [2.45, 2.75) is 38.6 Å². The molecule has 0 aliphatic carbocycles. The van der Waals surface area contributed by atoms with E-state index in [1.165, 1.54) is 58.4 Å². The van der Waals surface area contributed by atoms with Gasteiger partial charge in [0.15, 0.2) is 0 Å². The van der Waals surface area contributed by atoms with Crippen LogP contribution in [0, 0.1) is 5.92 Å². The number of nitrogens with two attached hydrogens (primary N) is 1. The van der Waals surface area contributed by atoms with Gasteiger partial charge in [-0.2, -0.15) is 0 Å². The van der Waals surface area contributed by atoms with Gasteiger partial charge in [-0.05, 0) is 57.8 Å². The van der Waals surface area contributed by atoms with Crippen molar-refractivity contribution < 1.29 is 0 Å². The molecule has 0 spiro atoms. The highest BCUT2D eigenvalue weighted by Gasteiger charge is 2.21. The quantitative estimate of drug-likeness (QED) is 0.779. The second kappa shape index (κ2) is 5.99. The smallest absolute Gasteiger partial charge is 0.0170 e. The highest BCUT2D eigenvalue weighted by atomic mass is 15.2. The summed E-state index contributed by atoms with van der Waals surface area (Å²) in [7, 11) is 0. The van der Waals surface area contributed by atoms with Crippen LogP contribution in [0.4, 0.5) is 0 Å². The average Bonchev–Trinajstić information content (AvgIpc) is 2.69. The van der Waals surface area contributed by atoms with Gasteiger partial charge < -0.3 is 15.5 Å². The van der Waals surface area contributed by atoms with E-state index < -0.39 is 0 Å². The molecule has 2 atom stereocenters. The Kier molecular flexibility index (Phi) is 4.62. The number of piperidine rings is 1. The molecule has 3 heteroatoms. The second-order valence-electron chi connectivity index (χ2n) is 5.76. The van der Waals surface area contributed by atoms with Gasteiger partial charge in [0, 0.05) is 19.1 Å². The van der Waals surface area contributed by atoms with Crippen molar-refractivity contribution in [2.24, 2.45) is 11.7 Å². The van der Waals surface area contributed by atoms with Crippen LogP contribution in [0.1, 0.15) is 32.6 Å². The van der Waals surface area contributed by atoms with Gasteiger partial charge in [0.2, 0.25) is 0 Å². The summed E-state index contributed by atoms with van der Waals surface area (Å²) >= 11 is 0. The monoisotopic (exact) mass is 225 g/mol. The Morgan fingerprint density at radius 2 is 1.75 bits per heavy atom. The number of nitrogens with zero attached hydrogens (tertiary/aromatic N) is 2. The van der Waals surface area contributed by atoms with Crippen LogP contribution >= 0.6 is 0 Å². The predicted octanol–water partition coefficient (Wildman–Crippen LogP) is 1.14. The van der Waals surface area contributed by atoms with E-state index in [1.807, 2.05) is 0 Å². The van der Waals surface area contributed by atoms with E-state index in [2.05, 4.69) is 16.7 Å². The summed E-state index contributed by atoms with van der Waals surface area (Å²) in [6.45, 7) is 9.89. The Balaban J connectivity index is 1.61. The largest absolute Gasteiger partial charge is 0.327 e. The molecule has 2 heterocycles. The van der Waals surface area contributed by atoms with E-state index in [-0.39, 0.29) is 0 Å². The molecule has 0 aromatic carbocycles. The third kappa shape index (κ3) is 3.72. The summed E-state index contributed by atoms with van der Waals surface area (Å²) < 4.78 is 0. The summed E-state index contributed by atoms with van der Waals surface area (Å²) in [5.74, 6) is 0.788. The number of rotatable bonds is 4. The lowest BCUT2D eigenvalue weighted by Gasteiger charge is -2.35. The molecule has 16 heavy (non-hydrogen) atoms. The first kappa shape index (κ1) is 12.3. The maximum absolute atomic E-state index is 6.06. The zero-order valence-electron chi connectivity index (χ0n) is 10.7. The van der Waals surface area contributed by atoms with E-state index >= 15 is 0 Å². The van der Waals surface area contributed by atoms with Crippen LogP contribution in [0.25, 0.3) is 0 Å². The molecule has 2 rings (SSSR count). The van der Waals surface area contributed by atoms with Gasteiger partial charge in [0.1, 0.15) is 0 Å². The minimum absolute atomic E-state index is 0.413. The van der Waals surface area contributed by atoms with Crippen molar-refractivity contribution in [3.8, 4) is 0 Å². The molecule has 3 nitrogen and oxygen atoms in total. The third-order valence-corrected chi connectivity index (χ3v) is 3.92. The Labute approximate surface area is 100.0 Å². The fourth-order valence-corrected chi connectivity index (χ4v) is 3.22. The second-order valence-corrected chi connectivity index (χ2v) is 5.76. The van der Waals surface area contributed by atoms with Crippen LogP contribution < -0.4 is 5.73 Å². The Bertz CT molecular complexity index is 191. The summed E-state index contributed by atoms with van der Waals surface area (Å²) in [5, 5.41) is 0. The lowest BCUT2D eigenvalue weighted by molar-refractivity contribution is 0.157. The predicted molar refractivity (Wildman–Crippen MR) is 68.5 cm³/mol. The van der Waals surface area contributed by atoms with Crippen molar-refractivity contribution in [1.29, 1.82) is 0 Å². The van der Waals surface area contributed by atoms with Crippen molar-refractivity contribution in [3.05, 3.63) is 0 Å². The van der Waals surface area contributed by atoms with Gasteiger partial charge in [-0.15, -0.1) is 0 Å². The van der Waals surface area contributed by atoms with Gasteiger partial charge in [0.05, 0.1) is 0 Å². The minimum Gasteiger partial charge on any atom is -0.327 e. The molecular formula is C13H27N3. The first-order valence-corrected chi connectivity index (χ1v) is 6.94. The Morgan fingerprint density at radius 3 is 2.44 bits per heavy atom. The molecule has 0 aromatic rings. The van der Waals surface area contributed by atoms with Crippen LogP contribution in [0.2, 0.25) is 0 Å². The molecule has 0 radical (unpaired) electrons. The summed E-state index contributed by atoms with van der Waals surface area (Å²) in [5.41, 5.74) is 6.06. The van der Waals surface area contributed by atoms with E-state index in [0.29, 0.717) is 6.04 Å². The van der Waals surface area contributed by atoms with Crippen LogP contribution in [0.5, 0.6) is 0 Å². The van der Waals surface area contributed by atoms with Crippen molar-refractivity contribution >= 4 is 0 Å².